The number of rotatable bonds is 4. The van der Waals surface area contributed by atoms with E-state index in [2.05, 4.69) is 5.32 Å². The van der Waals surface area contributed by atoms with Crippen molar-refractivity contribution in [2.75, 3.05) is 12.3 Å². The van der Waals surface area contributed by atoms with Crippen molar-refractivity contribution in [3.8, 4) is 5.75 Å². The van der Waals surface area contributed by atoms with Gasteiger partial charge in [0, 0.05) is 11.7 Å². The first-order valence-corrected chi connectivity index (χ1v) is 7.54. The van der Waals surface area contributed by atoms with Gasteiger partial charge in [-0.3, -0.25) is 4.79 Å². The predicted octanol–water partition coefficient (Wildman–Crippen LogP) is 3.12. The highest BCUT2D eigenvalue weighted by Gasteiger charge is 2.20. The summed E-state index contributed by atoms with van der Waals surface area (Å²) >= 11 is 0. The molecule has 1 saturated carbocycles. The number of amides is 1. The fourth-order valence-corrected chi connectivity index (χ4v) is 2.75. The van der Waals surface area contributed by atoms with Gasteiger partial charge in [0.05, 0.1) is 6.61 Å². The highest BCUT2D eigenvalue weighted by atomic mass is 16.5. The molecule has 0 unspecified atom stereocenters. The maximum absolute atomic E-state index is 12.5. The number of hydrogen-bond acceptors (Lipinski definition) is 3. The zero-order valence-electron chi connectivity index (χ0n) is 12.2. The second-order valence-corrected chi connectivity index (χ2v) is 5.32. The molecule has 0 radical (unpaired) electrons. The summed E-state index contributed by atoms with van der Waals surface area (Å²) < 4.78 is 5.51. The highest BCUT2D eigenvalue weighted by Crippen LogP contribution is 2.25. The van der Waals surface area contributed by atoms with Crippen LogP contribution in [0.1, 0.15) is 55.8 Å². The molecule has 0 atom stereocenters. The third kappa shape index (κ3) is 3.65. The van der Waals surface area contributed by atoms with Crippen molar-refractivity contribution in [3.05, 3.63) is 23.8 Å². The van der Waals surface area contributed by atoms with Crippen LogP contribution in [0.15, 0.2) is 18.2 Å². The summed E-state index contributed by atoms with van der Waals surface area (Å²) in [5.41, 5.74) is 6.89. The highest BCUT2D eigenvalue weighted by molar-refractivity contribution is 6.02. The largest absolute Gasteiger partial charge is 0.493 e. The summed E-state index contributed by atoms with van der Waals surface area (Å²) in [4.78, 5) is 12.5. The van der Waals surface area contributed by atoms with E-state index in [1.807, 2.05) is 13.0 Å². The van der Waals surface area contributed by atoms with Gasteiger partial charge >= 0.3 is 0 Å². The van der Waals surface area contributed by atoms with Gasteiger partial charge in [-0.1, -0.05) is 31.7 Å². The molecule has 0 spiro atoms. The average Bonchev–Trinajstić information content (AvgIpc) is 2.67. The molecule has 2 rings (SSSR count). The number of carbonyl (C=O) groups is 1. The van der Waals surface area contributed by atoms with Crippen LogP contribution in [0.25, 0.3) is 0 Å². The van der Waals surface area contributed by atoms with E-state index < -0.39 is 0 Å². The van der Waals surface area contributed by atoms with Crippen molar-refractivity contribution >= 4 is 11.6 Å². The molecular formula is C16H24N2O2. The summed E-state index contributed by atoms with van der Waals surface area (Å²) in [5, 5.41) is 3.12. The molecule has 1 aromatic rings. The van der Waals surface area contributed by atoms with Crippen LogP contribution in [0, 0.1) is 0 Å². The van der Waals surface area contributed by atoms with Gasteiger partial charge in [-0.25, -0.2) is 0 Å². The summed E-state index contributed by atoms with van der Waals surface area (Å²) in [6.45, 7) is 2.42. The molecule has 1 aromatic carbocycles. The molecule has 20 heavy (non-hydrogen) atoms. The molecule has 110 valence electrons. The first-order chi connectivity index (χ1) is 9.72. The van der Waals surface area contributed by atoms with Gasteiger partial charge in [0.2, 0.25) is 0 Å². The quantitative estimate of drug-likeness (QED) is 0.656. The second-order valence-electron chi connectivity index (χ2n) is 5.32. The van der Waals surface area contributed by atoms with E-state index in [4.69, 9.17) is 10.5 Å². The topological polar surface area (TPSA) is 64.3 Å². The Balaban J connectivity index is 2.11. The van der Waals surface area contributed by atoms with Crippen LogP contribution in [0.4, 0.5) is 5.69 Å². The van der Waals surface area contributed by atoms with Gasteiger partial charge in [-0.2, -0.15) is 0 Å². The Kier molecular flexibility index (Phi) is 5.27. The van der Waals surface area contributed by atoms with Crippen molar-refractivity contribution in [3.63, 3.8) is 0 Å². The average molecular weight is 276 g/mol. The Morgan fingerprint density at radius 1 is 1.30 bits per heavy atom. The van der Waals surface area contributed by atoms with Crippen LogP contribution in [0.2, 0.25) is 0 Å². The number of benzene rings is 1. The molecule has 1 amide bonds. The smallest absolute Gasteiger partial charge is 0.257 e. The third-order valence-electron chi connectivity index (χ3n) is 3.78. The SMILES string of the molecule is CCOc1cccc(N)c1C(=O)NC1CCCCCC1. The lowest BCUT2D eigenvalue weighted by Gasteiger charge is -2.18. The van der Waals surface area contributed by atoms with Crippen LogP contribution in [0.5, 0.6) is 5.75 Å². The number of nitrogen functional groups attached to an aromatic ring is 1. The van der Waals surface area contributed by atoms with Crippen molar-refractivity contribution < 1.29 is 9.53 Å². The van der Waals surface area contributed by atoms with Gasteiger partial charge in [-0.15, -0.1) is 0 Å². The van der Waals surface area contributed by atoms with E-state index in [-0.39, 0.29) is 11.9 Å². The summed E-state index contributed by atoms with van der Waals surface area (Å²) in [5.74, 6) is 0.456. The fraction of sp³-hybridized carbons (Fsp3) is 0.562. The van der Waals surface area contributed by atoms with Crippen LogP contribution in [0.3, 0.4) is 0 Å². The van der Waals surface area contributed by atoms with E-state index in [0.717, 1.165) is 12.8 Å². The van der Waals surface area contributed by atoms with Gasteiger partial charge in [0.1, 0.15) is 11.3 Å². The summed E-state index contributed by atoms with van der Waals surface area (Å²) in [7, 11) is 0. The molecule has 0 heterocycles. The minimum absolute atomic E-state index is 0.113. The molecule has 1 aliphatic rings. The molecule has 4 nitrogen and oxygen atoms in total. The molecule has 3 N–H and O–H groups in total. The minimum atomic E-state index is -0.113. The van der Waals surface area contributed by atoms with Gasteiger partial charge < -0.3 is 15.8 Å². The van der Waals surface area contributed by atoms with E-state index in [1.165, 1.54) is 25.7 Å². The molecule has 0 aromatic heterocycles. The Bertz CT molecular complexity index is 452. The lowest BCUT2D eigenvalue weighted by Crippen LogP contribution is -2.35. The molecule has 0 saturated heterocycles. The molecule has 1 fully saturated rings. The minimum Gasteiger partial charge on any atom is -0.493 e. The molecule has 1 aliphatic carbocycles. The summed E-state index contributed by atoms with van der Waals surface area (Å²) in [6.07, 6.45) is 7.03. The Labute approximate surface area is 120 Å². The van der Waals surface area contributed by atoms with Crippen LogP contribution in [-0.2, 0) is 0 Å². The standard InChI is InChI=1S/C16H24N2O2/c1-2-20-14-11-7-10-13(17)15(14)16(19)18-12-8-5-3-4-6-9-12/h7,10-12H,2-6,8-9,17H2,1H3,(H,18,19). The predicted molar refractivity (Wildman–Crippen MR) is 81.0 cm³/mol. The van der Waals surface area contributed by atoms with E-state index in [1.54, 1.807) is 12.1 Å². The zero-order chi connectivity index (χ0) is 14.4. The van der Waals surface area contributed by atoms with Crippen molar-refractivity contribution in [1.29, 1.82) is 0 Å². The van der Waals surface area contributed by atoms with Gasteiger partial charge in [0.25, 0.3) is 5.91 Å². The van der Waals surface area contributed by atoms with Crippen molar-refractivity contribution in [2.24, 2.45) is 0 Å². The van der Waals surface area contributed by atoms with Gasteiger partial charge in [-0.05, 0) is 31.9 Å². The number of ether oxygens (including phenoxy) is 1. The third-order valence-corrected chi connectivity index (χ3v) is 3.78. The molecule has 0 aliphatic heterocycles. The first-order valence-electron chi connectivity index (χ1n) is 7.54. The Morgan fingerprint density at radius 2 is 2.00 bits per heavy atom. The van der Waals surface area contributed by atoms with Gasteiger partial charge in [0.15, 0.2) is 0 Å². The Morgan fingerprint density at radius 3 is 2.65 bits per heavy atom. The number of nitrogens with one attached hydrogen (secondary N) is 1. The van der Waals surface area contributed by atoms with Crippen LogP contribution >= 0.6 is 0 Å². The second kappa shape index (κ2) is 7.17. The summed E-state index contributed by atoms with van der Waals surface area (Å²) in [6, 6.07) is 5.61. The van der Waals surface area contributed by atoms with Crippen molar-refractivity contribution in [1.82, 2.24) is 5.32 Å². The number of hydrogen-bond donors (Lipinski definition) is 2. The molecular weight excluding hydrogens is 252 g/mol. The fourth-order valence-electron chi connectivity index (χ4n) is 2.75. The lowest BCUT2D eigenvalue weighted by atomic mass is 10.1. The van der Waals surface area contributed by atoms with E-state index in [9.17, 15) is 4.79 Å². The van der Waals surface area contributed by atoms with E-state index in [0.29, 0.717) is 23.6 Å². The van der Waals surface area contributed by atoms with Crippen LogP contribution in [-0.4, -0.2) is 18.6 Å². The lowest BCUT2D eigenvalue weighted by molar-refractivity contribution is 0.0930. The number of anilines is 1. The number of nitrogens with two attached hydrogens (primary N) is 1. The van der Waals surface area contributed by atoms with E-state index >= 15 is 0 Å². The van der Waals surface area contributed by atoms with Crippen molar-refractivity contribution in [2.45, 2.75) is 51.5 Å². The number of carbonyl (C=O) groups excluding carboxylic acids is 1. The Hall–Kier alpha value is -1.71. The zero-order valence-corrected chi connectivity index (χ0v) is 12.2. The molecule has 0 bridgehead atoms. The normalized spacial score (nSPS) is 16.4. The maximum atomic E-state index is 12.5. The first kappa shape index (κ1) is 14.7. The monoisotopic (exact) mass is 276 g/mol. The maximum Gasteiger partial charge on any atom is 0.257 e. The van der Waals surface area contributed by atoms with Crippen LogP contribution < -0.4 is 15.8 Å². The molecule has 4 heteroatoms.